The number of rotatable bonds is 4. The average molecular weight is 380 g/mol. The van der Waals surface area contributed by atoms with Gasteiger partial charge < -0.3 is 22.5 Å². The molecule has 0 aliphatic carbocycles. The molecule has 1 N–H and O–H groups in total. The predicted octanol–water partition coefficient (Wildman–Crippen LogP) is 0.0554. The second kappa shape index (κ2) is 8.47. The van der Waals surface area contributed by atoms with Gasteiger partial charge in [-0.05, 0) is 17.5 Å². The van der Waals surface area contributed by atoms with E-state index < -0.39 is 0 Å². The molecule has 0 saturated carbocycles. The molecule has 0 saturated heterocycles. The van der Waals surface area contributed by atoms with E-state index in [4.69, 9.17) is 4.74 Å². The number of amides is 1. The first-order chi connectivity index (χ1) is 11.6. The molecule has 134 valence electrons. The van der Waals surface area contributed by atoms with Crippen molar-refractivity contribution in [2.24, 2.45) is 0 Å². The summed E-state index contributed by atoms with van der Waals surface area (Å²) in [5.41, 5.74) is 2.81. The maximum absolute atomic E-state index is 12.1. The van der Waals surface area contributed by atoms with Crippen LogP contribution in [0.4, 0.5) is 5.00 Å². The van der Waals surface area contributed by atoms with Gasteiger partial charge in [-0.3, -0.25) is 9.69 Å². The first kappa shape index (κ1) is 19.4. The number of carbonyl (C=O) groups is 2. The van der Waals surface area contributed by atoms with E-state index in [0.717, 1.165) is 36.5 Å². The van der Waals surface area contributed by atoms with Crippen LogP contribution >= 0.6 is 11.3 Å². The van der Waals surface area contributed by atoms with Crippen molar-refractivity contribution in [2.45, 2.75) is 26.4 Å². The topological polar surface area (TPSA) is 58.6 Å². The standard InChI is InChI=1S/C18H20N2O3S.ClH/c1-12(21)19-17-16(18(22)23-2)14-8-9-20(11-15(14)24-17)10-13-6-4-3-5-7-13;/h3-7H,8-11H2,1-2H3,(H,19,21);1H/p-1. The zero-order valence-electron chi connectivity index (χ0n) is 14.2. The van der Waals surface area contributed by atoms with Crippen LogP contribution in [0, 0.1) is 0 Å². The second-order valence-electron chi connectivity index (χ2n) is 5.83. The minimum absolute atomic E-state index is 0. The molecule has 1 aromatic heterocycles. The van der Waals surface area contributed by atoms with Crippen LogP contribution in [0.5, 0.6) is 0 Å². The lowest BCUT2D eigenvalue weighted by atomic mass is 10.0. The lowest BCUT2D eigenvalue weighted by Crippen LogP contribution is -3.00. The largest absolute Gasteiger partial charge is 1.00 e. The van der Waals surface area contributed by atoms with Crippen LogP contribution in [0.2, 0.25) is 0 Å². The average Bonchev–Trinajstić information content (AvgIpc) is 2.91. The molecule has 0 spiro atoms. The van der Waals surface area contributed by atoms with Crippen molar-refractivity contribution in [1.29, 1.82) is 0 Å². The van der Waals surface area contributed by atoms with E-state index in [-0.39, 0.29) is 24.3 Å². The summed E-state index contributed by atoms with van der Waals surface area (Å²) in [4.78, 5) is 27.0. The highest BCUT2D eigenvalue weighted by atomic mass is 35.5. The number of esters is 1. The molecular formula is C18H20ClN2O3S-. The van der Waals surface area contributed by atoms with Gasteiger partial charge in [-0.25, -0.2) is 4.79 Å². The molecule has 1 aliphatic rings. The molecule has 0 fully saturated rings. The van der Waals surface area contributed by atoms with Gasteiger partial charge >= 0.3 is 5.97 Å². The third-order valence-corrected chi connectivity index (χ3v) is 5.20. The minimum atomic E-state index is -0.382. The van der Waals surface area contributed by atoms with Crippen molar-refractivity contribution in [3.63, 3.8) is 0 Å². The quantitative estimate of drug-likeness (QED) is 0.763. The van der Waals surface area contributed by atoms with Crippen LogP contribution in [0.3, 0.4) is 0 Å². The Morgan fingerprint density at radius 2 is 2.00 bits per heavy atom. The number of hydrogen-bond acceptors (Lipinski definition) is 5. The van der Waals surface area contributed by atoms with Crippen LogP contribution in [0.1, 0.15) is 33.3 Å². The second-order valence-corrected chi connectivity index (χ2v) is 6.93. The number of fused-ring (bicyclic) bond motifs is 1. The number of nitrogens with one attached hydrogen (secondary N) is 1. The highest BCUT2D eigenvalue weighted by Crippen LogP contribution is 2.37. The molecule has 1 aromatic carbocycles. The summed E-state index contributed by atoms with van der Waals surface area (Å²) in [5, 5.41) is 3.37. The Bertz CT molecular complexity index is 761. The van der Waals surface area contributed by atoms with Crippen LogP contribution in [-0.4, -0.2) is 30.4 Å². The molecule has 0 bridgehead atoms. The summed E-state index contributed by atoms with van der Waals surface area (Å²) in [5.74, 6) is -0.562. The van der Waals surface area contributed by atoms with Crippen molar-refractivity contribution in [3.05, 3.63) is 51.9 Å². The molecule has 1 aliphatic heterocycles. The van der Waals surface area contributed by atoms with Crippen molar-refractivity contribution in [3.8, 4) is 0 Å². The smallest absolute Gasteiger partial charge is 0.341 e. The molecule has 2 heterocycles. The number of hydrogen-bond donors (Lipinski definition) is 1. The predicted molar refractivity (Wildman–Crippen MR) is 94.2 cm³/mol. The third-order valence-electron chi connectivity index (χ3n) is 4.06. The Morgan fingerprint density at radius 3 is 2.64 bits per heavy atom. The first-order valence-corrected chi connectivity index (χ1v) is 8.67. The molecule has 7 heteroatoms. The summed E-state index contributed by atoms with van der Waals surface area (Å²) in [6, 6.07) is 10.3. The van der Waals surface area contributed by atoms with E-state index in [9.17, 15) is 9.59 Å². The number of methoxy groups -OCH3 is 1. The summed E-state index contributed by atoms with van der Waals surface area (Å²) in [7, 11) is 1.37. The van der Waals surface area contributed by atoms with E-state index in [1.165, 1.54) is 30.9 Å². The number of benzene rings is 1. The Hall–Kier alpha value is -1.89. The van der Waals surface area contributed by atoms with Gasteiger partial charge in [0.2, 0.25) is 5.91 Å². The molecule has 5 nitrogen and oxygen atoms in total. The number of thiophene rings is 1. The van der Waals surface area contributed by atoms with Crippen LogP contribution in [0.15, 0.2) is 30.3 Å². The summed E-state index contributed by atoms with van der Waals surface area (Å²) < 4.78 is 4.91. The lowest BCUT2D eigenvalue weighted by molar-refractivity contribution is -0.114. The van der Waals surface area contributed by atoms with Crippen molar-refractivity contribution >= 4 is 28.2 Å². The van der Waals surface area contributed by atoms with Crippen molar-refractivity contribution in [2.75, 3.05) is 19.0 Å². The van der Waals surface area contributed by atoms with Gasteiger partial charge in [0.05, 0.1) is 12.7 Å². The van der Waals surface area contributed by atoms with Crippen LogP contribution in [-0.2, 0) is 29.0 Å². The highest BCUT2D eigenvalue weighted by Gasteiger charge is 2.28. The fraction of sp³-hybridized carbons (Fsp3) is 0.333. The number of carbonyl (C=O) groups excluding carboxylic acids is 2. The number of anilines is 1. The van der Waals surface area contributed by atoms with Gasteiger partial charge in [-0.2, -0.15) is 0 Å². The fourth-order valence-electron chi connectivity index (χ4n) is 3.00. The molecule has 2 aromatic rings. The number of nitrogens with zero attached hydrogens (tertiary/aromatic N) is 1. The number of halogens is 1. The minimum Gasteiger partial charge on any atom is -1.00 e. The maximum atomic E-state index is 12.1. The Kier molecular flexibility index (Phi) is 6.58. The van der Waals surface area contributed by atoms with Crippen molar-refractivity contribution < 1.29 is 26.7 Å². The highest BCUT2D eigenvalue weighted by molar-refractivity contribution is 7.17. The molecule has 3 rings (SSSR count). The Morgan fingerprint density at radius 1 is 1.28 bits per heavy atom. The Labute approximate surface area is 157 Å². The number of ether oxygens (including phenoxy) is 1. The first-order valence-electron chi connectivity index (χ1n) is 7.85. The molecule has 25 heavy (non-hydrogen) atoms. The SMILES string of the molecule is COC(=O)c1c(NC(C)=O)sc2c1CCN(Cc1ccccc1)C2.[Cl-]. The monoisotopic (exact) mass is 379 g/mol. The van der Waals surface area contributed by atoms with Crippen LogP contribution in [0.25, 0.3) is 0 Å². The normalized spacial score (nSPS) is 13.5. The lowest BCUT2D eigenvalue weighted by Gasteiger charge is -2.27. The third kappa shape index (κ3) is 4.39. The Balaban J connectivity index is 0.00000225. The van der Waals surface area contributed by atoms with E-state index in [1.54, 1.807) is 0 Å². The molecule has 1 amide bonds. The van der Waals surface area contributed by atoms with Gasteiger partial charge in [0, 0.05) is 31.4 Å². The molecule has 0 atom stereocenters. The molecule has 0 radical (unpaired) electrons. The van der Waals surface area contributed by atoms with Crippen molar-refractivity contribution in [1.82, 2.24) is 4.90 Å². The van der Waals surface area contributed by atoms with Gasteiger partial charge in [0.25, 0.3) is 0 Å². The van der Waals surface area contributed by atoms with Gasteiger partial charge in [0.15, 0.2) is 0 Å². The van der Waals surface area contributed by atoms with E-state index >= 15 is 0 Å². The van der Waals surface area contributed by atoms with Gasteiger partial charge in [-0.15, -0.1) is 11.3 Å². The summed E-state index contributed by atoms with van der Waals surface area (Å²) in [6.07, 6.45) is 0.780. The van der Waals surface area contributed by atoms with E-state index in [1.807, 2.05) is 18.2 Å². The van der Waals surface area contributed by atoms with E-state index in [2.05, 4.69) is 22.3 Å². The van der Waals surface area contributed by atoms with Crippen LogP contribution < -0.4 is 17.7 Å². The van der Waals surface area contributed by atoms with E-state index in [0.29, 0.717) is 10.6 Å². The van der Waals surface area contributed by atoms with Gasteiger partial charge in [-0.1, -0.05) is 30.3 Å². The summed E-state index contributed by atoms with van der Waals surface area (Å²) in [6.45, 7) is 3.98. The molecular weight excluding hydrogens is 360 g/mol. The summed E-state index contributed by atoms with van der Waals surface area (Å²) >= 11 is 1.47. The van der Waals surface area contributed by atoms with Gasteiger partial charge in [0.1, 0.15) is 5.00 Å². The fourth-order valence-corrected chi connectivity index (χ4v) is 4.32. The maximum Gasteiger partial charge on any atom is 0.341 e. The zero-order chi connectivity index (χ0) is 17.1. The zero-order valence-corrected chi connectivity index (χ0v) is 15.7. The molecule has 0 unspecified atom stereocenters.